The van der Waals surface area contributed by atoms with Crippen molar-refractivity contribution in [3.8, 4) is 5.75 Å². The van der Waals surface area contributed by atoms with Gasteiger partial charge in [-0.25, -0.2) is 4.98 Å². The van der Waals surface area contributed by atoms with Crippen molar-refractivity contribution >= 4 is 34.4 Å². The van der Waals surface area contributed by atoms with E-state index in [1.165, 1.54) is 4.90 Å². The number of hydrogen-bond acceptors (Lipinski definition) is 6. The second-order valence-corrected chi connectivity index (χ2v) is 8.42. The lowest BCUT2D eigenvalue weighted by molar-refractivity contribution is -0.132. The number of ether oxygens (including phenoxy) is 1. The van der Waals surface area contributed by atoms with E-state index in [1.54, 1.807) is 42.6 Å². The third-order valence-electron chi connectivity index (χ3n) is 6.01. The van der Waals surface area contributed by atoms with Crippen LogP contribution in [-0.4, -0.2) is 38.4 Å². The Balaban J connectivity index is 1.69. The fourth-order valence-electron chi connectivity index (χ4n) is 4.36. The van der Waals surface area contributed by atoms with Gasteiger partial charge < -0.3 is 14.8 Å². The quantitative estimate of drug-likeness (QED) is 0.252. The number of aromatic nitrogens is 3. The Bertz CT molecular complexity index is 1490. The van der Waals surface area contributed by atoms with Crippen LogP contribution in [-0.2, 0) is 9.59 Å². The second-order valence-electron chi connectivity index (χ2n) is 8.42. The molecule has 35 heavy (non-hydrogen) atoms. The number of benzene rings is 2. The summed E-state index contributed by atoms with van der Waals surface area (Å²) in [6, 6.07) is 15.1. The normalized spacial score (nSPS) is 17.3. The van der Waals surface area contributed by atoms with Crippen LogP contribution in [0.25, 0.3) is 16.8 Å². The highest BCUT2D eigenvalue weighted by atomic mass is 16.5. The number of anilines is 1. The number of Topliss-reactive ketones (excluding diaryl/α,β-unsaturated/α-hetero) is 1. The molecule has 2 N–H and O–H groups in total. The highest BCUT2D eigenvalue weighted by molar-refractivity contribution is 6.51. The maximum absolute atomic E-state index is 13.3. The summed E-state index contributed by atoms with van der Waals surface area (Å²) in [6.45, 7) is 6.21. The molecule has 8 heteroatoms. The maximum Gasteiger partial charge on any atom is 0.302 e. The van der Waals surface area contributed by atoms with Crippen molar-refractivity contribution in [1.82, 2.24) is 15.0 Å². The predicted molar refractivity (Wildman–Crippen MR) is 132 cm³/mol. The minimum absolute atomic E-state index is 0.0473. The highest BCUT2D eigenvalue weighted by Gasteiger charge is 2.48. The van der Waals surface area contributed by atoms with Crippen LogP contribution in [0.4, 0.5) is 5.95 Å². The van der Waals surface area contributed by atoms with Gasteiger partial charge in [-0.2, -0.15) is 0 Å². The Morgan fingerprint density at radius 3 is 2.66 bits per heavy atom. The first-order chi connectivity index (χ1) is 16.9. The number of ketones is 1. The fraction of sp³-hybridized carbons (Fsp3) is 0.185. The molecule has 0 bridgehead atoms. The molecule has 1 atom stereocenters. The molecule has 0 aliphatic carbocycles. The second kappa shape index (κ2) is 8.72. The summed E-state index contributed by atoms with van der Waals surface area (Å²) in [5.74, 6) is -0.977. The molecule has 5 rings (SSSR count). The van der Waals surface area contributed by atoms with Crippen molar-refractivity contribution in [1.29, 1.82) is 0 Å². The number of aromatic amines is 1. The smallest absolute Gasteiger partial charge is 0.302 e. The van der Waals surface area contributed by atoms with Crippen LogP contribution in [0.1, 0.15) is 35.3 Å². The Labute approximate surface area is 201 Å². The van der Waals surface area contributed by atoms with E-state index >= 15 is 0 Å². The van der Waals surface area contributed by atoms with Crippen LogP contribution in [0.5, 0.6) is 5.75 Å². The van der Waals surface area contributed by atoms with Crippen molar-refractivity contribution in [2.24, 2.45) is 0 Å². The van der Waals surface area contributed by atoms with Crippen LogP contribution in [0, 0.1) is 13.8 Å². The van der Waals surface area contributed by atoms with Gasteiger partial charge in [-0.1, -0.05) is 12.1 Å². The topological polar surface area (TPSA) is 108 Å². The van der Waals surface area contributed by atoms with Crippen molar-refractivity contribution in [2.45, 2.75) is 26.8 Å². The van der Waals surface area contributed by atoms with Gasteiger partial charge in [0.25, 0.3) is 5.78 Å². The lowest BCUT2D eigenvalue weighted by Crippen LogP contribution is -2.30. The average Bonchev–Trinajstić information content (AvgIpc) is 3.38. The number of fused-ring (bicyclic) bond motifs is 1. The van der Waals surface area contributed by atoms with E-state index in [4.69, 9.17) is 4.74 Å². The number of carbonyl (C=O) groups is 2. The molecule has 3 heterocycles. The minimum Gasteiger partial charge on any atom is -0.507 e. The van der Waals surface area contributed by atoms with Gasteiger partial charge in [0.1, 0.15) is 17.6 Å². The summed E-state index contributed by atoms with van der Waals surface area (Å²) in [4.78, 5) is 40.0. The molecule has 2 aromatic heterocycles. The zero-order valence-electron chi connectivity index (χ0n) is 19.6. The lowest BCUT2D eigenvalue weighted by atomic mass is 9.97. The van der Waals surface area contributed by atoms with E-state index in [2.05, 4.69) is 15.0 Å². The summed E-state index contributed by atoms with van der Waals surface area (Å²) in [7, 11) is 0. The number of carbonyl (C=O) groups excluding carboxylic acids is 2. The molecule has 8 nitrogen and oxygen atoms in total. The van der Waals surface area contributed by atoms with Gasteiger partial charge in [0.15, 0.2) is 0 Å². The fourth-order valence-corrected chi connectivity index (χ4v) is 4.36. The number of H-pyrrole nitrogens is 1. The third kappa shape index (κ3) is 3.82. The van der Waals surface area contributed by atoms with Crippen LogP contribution in [0.3, 0.4) is 0 Å². The number of pyridine rings is 1. The van der Waals surface area contributed by atoms with Gasteiger partial charge in [0.05, 0.1) is 28.9 Å². The number of nitrogens with zero attached hydrogens (tertiary/aromatic N) is 3. The number of aliphatic hydroxyl groups is 1. The molecule has 2 aromatic carbocycles. The summed E-state index contributed by atoms with van der Waals surface area (Å²) >= 11 is 0. The zero-order valence-corrected chi connectivity index (χ0v) is 19.6. The molecular weight excluding hydrogens is 444 g/mol. The van der Waals surface area contributed by atoms with E-state index < -0.39 is 17.7 Å². The lowest BCUT2D eigenvalue weighted by Gasteiger charge is -2.22. The standard InChI is InChI=1S/C27H24N4O4/c1-4-35-21-11-9-17(14-16(21)3)24(32)22-23(19-7-5-6-12-28-19)31(26(34)25(22)33)27-29-18-10-8-15(2)13-20(18)30-27/h5-14,23,32H,4H2,1-3H3,(H,29,30)/b24-22+. The number of rotatable bonds is 5. The summed E-state index contributed by atoms with van der Waals surface area (Å²) in [6.07, 6.45) is 1.58. The molecule has 1 aliphatic heterocycles. The number of amides is 1. The molecule has 1 aliphatic rings. The molecule has 1 unspecified atom stereocenters. The van der Waals surface area contributed by atoms with E-state index in [1.807, 2.05) is 39.0 Å². The molecule has 176 valence electrons. The monoisotopic (exact) mass is 468 g/mol. The Morgan fingerprint density at radius 2 is 1.94 bits per heavy atom. The van der Waals surface area contributed by atoms with Crippen molar-refractivity contribution in [3.05, 3.63) is 88.8 Å². The zero-order chi connectivity index (χ0) is 24.7. The van der Waals surface area contributed by atoms with E-state index in [0.29, 0.717) is 29.1 Å². The molecular formula is C27H24N4O4. The number of aryl methyl sites for hydroxylation is 2. The molecule has 1 amide bonds. The Morgan fingerprint density at radius 1 is 1.11 bits per heavy atom. The van der Waals surface area contributed by atoms with Gasteiger partial charge in [-0.15, -0.1) is 0 Å². The van der Waals surface area contributed by atoms with E-state index in [0.717, 1.165) is 16.6 Å². The first-order valence-electron chi connectivity index (χ1n) is 11.3. The first-order valence-corrected chi connectivity index (χ1v) is 11.3. The van der Waals surface area contributed by atoms with Crippen LogP contribution >= 0.6 is 0 Å². The van der Waals surface area contributed by atoms with Crippen LogP contribution in [0.15, 0.2) is 66.4 Å². The third-order valence-corrected chi connectivity index (χ3v) is 6.01. The molecule has 0 spiro atoms. The average molecular weight is 469 g/mol. The van der Waals surface area contributed by atoms with Gasteiger partial charge in [-0.05, 0) is 74.4 Å². The van der Waals surface area contributed by atoms with Gasteiger partial charge in [0.2, 0.25) is 5.95 Å². The molecule has 1 saturated heterocycles. The van der Waals surface area contributed by atoms with Crippen LogP contribution in [0.2, 0.25) is 0 Å². The number of nitrogens with one attached hydrogen (secondary N) is 1. The van der Waals surface area contributed by atoms with Crippen molar-refractivity contribution < 1.29 is 19.4 Å². The van der Waals surface area contributed by atoms with Crippen molar-refractivity contribution in [2.75, 3.05) is 11.5 Å². The SMILES string of the molecule is CCOc1ccc(/C(O)=C2\C(=O)C(=O)N(c3nc4ccc(C)cc4[nH]3)C2c2ccccn2)cc1C. The summed E-state index contributed by atoms with van der Waals surface area (Å²) in [5.41, 5.74) is 4.03. The number of imidazole rings is 1. The van der Waals surface area contributed by atoms with Crippen LogP contribution < -0.4 is 9.64 Å². The molecule has 0 saturated carbocycles. The molecule has 0 radical (unpaired) electrons. The number of aliphatic hydroxyl groups excluding tert-OH is 1. The van der Waals surface area contributed by atoms with E-state index in [-0.39, 0.29) is 17.3 Å². The predicted octanol–water partition coefficient (Wildman–Crippen LogP) is 4.60. The van der Waals surface area contributed by atoms with Gasteiger partial charge in [0, 0.05) is 11.8 Å². The molecule has 1 fully saturated rings. The minimum atomic E-state index is -0.954. The summed E-state index contributed by atoms with van der Waals surface area (Å²) in [5, 5.41) is 11.3. The number of hydrogen-bond donors (Lipinski definition) is 2. The maximum atomic E-state index is 13.3. The largest absolute Gasteiger partial charge is 0.507 e. The molecule has 4 aromatic rings. The van der Waals surface area contributed by atoms with Crippen molar-refractivity contribution in [3.63, 3.8) is 0 Å². The Kier molecular flexibility index (Phi) is 5.56. The Hall–Kier alpha value is -4.46. The first kappa shape index (κ1) is 22.3. The van der Waals surface area contributed by atoms with E-state index in [9.17, 15) is 14.7 Å². The summed E-state index contributed by atoms with van der Waals surface area (Å²) < 4.78 is 5.59. The van der Waals surface area contributed by atoms with Gasteiger partial charge in [-0.3, -0.25) is 19.5 Å². The highest BCUT2D eigenvalue weighted by Crippen LogP contribution is 2.41. The van der Waals surface area contributed by atoms with Gasteiger partial charge >= 0.3 is 5.91 Å².